The average Bonchev–Trinajstić information content (AvgIpc) is 3.35. The van der Waals surface area contributed by atoms with E-state index in [0.717, 1.165) is 16.7 Å². The van der Waals surface area contributed by atoms with Gasteiger partial charge in [-0.3, -0.25) is 0 Å². The minimum Gasteiger partial charge on any atom is -0.480 e. The fourth-order valence-electron chi connectivity index (χ4n) is 4.38. The zero-order chi connectivity index (χ0) is 27.5. The molecule has 1 heterocycles. The normalized spacial score (nSPS) is 12.1. The van der Waals surface area contributed by atoms with E-state index in [-0.39, 0.29) is 6.04 Å². The Kier molecular flexibility index (Phi) is 8.98. The zero-order valence-electron chi connectivity index (χ0n) is 20.2. The van der Waals surface area contributed by atoms with Crippen LogP contribution in [0.4, 0.5) is 0 Å². The van der Waals surface area contributed by atoms with Gasteiger partial charge in [0.2, 0.25) is 6.33 Å². The molecule has 0 N–H and O–H groups in total. The number of rotatable bonds is 8. The van der Waals surface area contributed by atoms with Gasteiger partial charge in [0.15, 0.2) is 12.1 Å². The Labute approximate surface area is 257 Å². The molecule has 0 saturated carbocycles. The lowest BCUT2D eigenvalue weighted by Gasteiger charge is -2.20. The zero-order valence-corrected chi connectivity index (χ0v) is 24.8. The van der Waals surface area contributed by atoms with Crippen LogP contribution in [0, 0.1) is 0 Å². The van der Waals surface area contributed by atoms with Gasteiger partial charge in [-0.05, 0) is 54.6 Å². The summed E-state index contributed by atoms with van der Waals surface area (Å²) >= 11 is 37.7. The van der Waals surface area contributed by atoms with Gasteiger partial charge >= 0.3 is 0 Å². The number of aromatic nitrogens is 2. The summed E-state index contributed by atoms with van der Waals surface area (Å²) in [5, 5.41) is 3.33. The second-order valence-corrected chi connectivity index (χ2v) is 11.5. The van der Waals surface area contributed by atoms with Crippen LogP contribution >= 0.6 is 69.6 Å². The van der Waals surface area contributed by atoms with Crippen molar-refractivity contribution in [3.63, 3.8) is 0 Å². The molecule has 198 valence electrons. The predicted octanol–water partition coefficient (Wildman–Crippen LogP) is 10.2. The van der Waals surface area contributed by atoms with Gasteiger partial charge in [0.05, 0.1) is 5.02 Å². The molecule has 4 aromatic carbocycles. The summed E-state index contributed by atoms with van der Waals surface area (Å²) in [6.07, 6.45) is 5.56. The summed E-state index contributed by atoms with van der Waals surface area (Å²) in [4.78, 5) is 0. The highest BCUT2D eigenvalue weighted by Gasteiger charge is 2.25. The molecule has 0 aliphatic rings. The van der Waals surface area contributed by atoms with Crippen LogP contribution in [0.1, 0.15) is 28.8 Å². The molecule has 39 heavy (non-hydrogen) atoms. The number of halogens is 6. The van der Waals surface area contributed by atoms with Crippen molar-refractivity contribution in [3.05, 3.63) is 150 Å². The third-order valence-corrected chi connectivity index (χ3v) is 7.83. The largest absolute Gasteiger partial charge is 0.480 e. The molecule has 0 amide bonds. The van der Waals surface area contributed by atoms with Crippen LogP contribution in [0.2, 0.25) is 30.1 Å². The van der Waals surface area contributed by atoms with Crippen LogP contribution < -0.4 is 9.30 Å². The first-order chi connectivity index (χ1) is 18.8. The number of hydrogen-bond donors (Lipinski definition) is 0. The molecule has 3 nitrogen and oxygen atoms in total. The van der Waals surface area contributed by atoms with E-state index in [1.807, 2.05) is 77.9 Å². The summed E-state index contributed by atoms with van der Waals surface area (Å²) in [6, 6.07) is 26.0. The van der Waals surface area contributed by atoms with Gasteiger partial charge in [-0.2, -0.15) is 0 Å². The van der Waals surface area contributed by atoms with Crippen molar-refractivity contribution in [2.75, 3.05) is 0 Å². The second-order valence-electron chi connectivity index (χ2n) is 8.91. The Balaban J connectivity index is 1.50. The maximum absolute atomic E-state index is 6.61. The fraction of sp³-hybridized carbons (Fsp3) is 0.100. The monoisotopic (exact) mass is 635 g/mol. The Morgan fingerprint density at radius 2 is 1.18 bits per heavy atom. The first-order valence-corrected chi connectivity index (χ1v) is 14.2. The van der Waals surface area contributed by atoms with Crippen LogP contribution in [0.15, 0.2) is 104 Å². The van der Waals surface area contributed by atoms with Crippen molar-refractivity contribution in [3.8, 4) is 5.75 Å². The molecule has 0 aliphatic heterocycles. The lowest BCUT2D eigenvalue weighted by atomic mass is 9.98. The molecule has 1 atom stereocenters. The van der Waals surface area contributed by atoms with Gasteiger partial charge in [-0.25, -0.2) is 9.13 Å². The number of hydrogen-bond acceptors (Lipinski definition) is 1. The summed E-state index contributed by atoms with van der Waals surface area (Å²) < 4.78 is 10.6. The summed E-state index contributed by atoms with van der Waals surface area (Å²) in [7, 11) is 0. The Morgan fingerprint density at radius 1 is 0.641 bits per heavy atom. The van der Waals surface area contributed by atoms with E-state index < -0.39 is 6.10 Å². The second kappa shape index (κ2) is 12.4. The summed E-state index contributed by atoms with van der Waals surface area (Å²) in [5.41, 5.74) is 2.93. The van der Waals surface area contributed by atoms with Crippen LogP contribution in [0.5, 0.6) is 5.75 Å². The standard InChI is InChI=1S/C30H21Cl6N2O/c31-21-5-1-19(2-6-21)30(20-3-7-22(32)8-4-20)38-14-13-37(18-38)17-29(25-11-9-23(33)15-26(25)35)39-28-12-10-24(34)16-27(28)36/h1-16,18,29-30H,17H2/q+1. The van der Waals surface area contributed by atoms with E-state index in [4.69, 9.17) is 74.3 Å². The topological polar surface area (TPSA) is 18.0 Å². The fourth-order valence-corrected chi connectivity index (χ4v) is 5.61. The molecule has 9 heteroatoms. The summed E-state index contributed by atoms with van der Waals surface area (Å²) in [5.74, 6) is 0.498. The lowest BCUT2D eigenvalue weighted by molar-refractivity contribution is -0.703. The minimum absolute atomic E-state index is 0.106. The number of nitrogens with zero attached hydrogens (tertiary/aromatic N) is 2. The quantitative estimate of drug-likeness (QED) is 0.155. The number of imidazole rings is 1. The summed E-state index contributed by atoms with van der Waals surface area (Å²) in [6.45, 7) is 0.446. The highest BCUT2D eigenvalue weighted by atomic mass is 35.5. The molecular formula is C30H21Cl6N2O+. The van der Waals surface area contributed by atoms with Crippen molar-refractivity contribution < 1.29 is 9.30 Å². The van der Waals surface area contributed by atoms with Gasteiger partial charge in [-0.15, -0.1) is 0 Å². The van der Waals surface area contributed by atoms with E-state index in [9.17, 15) is 0 Å². The molecule has 5 aromatic rings. The van der Waals surface area contributed by atoms with E-state index in [0.29, 0.717) is 42.4 Å². The minimum atomic E-state index is -0.473. The molecule has 0 bridgehead atoms. The van der Waals surface area contributed by atoms with Crippen LogP contribution in [0.25, 0.3) is 0 Å². The molecule has 1 unspecified atom stereocenters. The van der Waals surface area contributed by atoms with Gasteiger partial charge < -0.3 is 4.74 Å². The lowest BCUT2D eigenvalue weighted by Crippen LogP contribution is -2.37. The van der Waals surface area contributed by atoms with Gasteiger partial charge in [-0.1, -0.05) is 99.9 Å². The maximum Gasteiger partial charge on any atom is 0.244 e. The Morgan fingerprint density at radius 3 is 1.74 bits per heavy atom. The molecule has 0 fully saturated rings. The average molecular weight is 638 g/mol. The van der Waals surface area contributed by atoms with E-state index in [1.165, 1.54) is 0 Å². The van der Waals surface area contributed by atoms with E-state index in [2.05, 4.69) is 4.57 Å². The van der Waals surface area contributed by atoms with Crippen molar-refractivity contribution in [2.45, 2.75) is 18.7 Å². The van der Waals surface area contributed by atoms with Crippen LogP contribution in [0.3, 0.4) is 0 Å². The van der Waals surface area contributed by atoms with Gasteiger partial charge in [0, 0.05) is 41.8 Å². The van der Waals surface area contributed by atoms with Gasteiger partial charge in [0.25, 0.3) is 0 Å². The molecular weight excluding hydrogens is 617 g/mol. The van der Waals surface area contributed by atoms with Crippen molar-refractivity contribution in [2.24, 2.45) is 0 Å². The third kappa shape index (κ3) is 6.86. The molecule has 0 spiro atoms. The predicted molar refractivity (Wildman–Crippen MR) is 161 cm³/mol. The smallest absolute Gasteiger partial charge is 0.244 e. The highest BCUT2D eigenvalue weighted by molar-refractivity contribution is 6.36. The molecule has 0 aliphatic carbocycles. The van der Waals surface area contributed by atoms with E-state index in [1.54, 1.807) is 30.3 Å². The van der Waals surface area contributed by atoms with Crippen LogP contribution in [-0.4, -0.2) is 4.57 Å². The van der Waals surface area contributed by atoms with E-state index >= 15 is 0 Å². The maximum atomic E-state index is 6.61. The number of ether oxygens (including phenoxy) is 1. The Bertz CT molecular complexity index is 1540. The molecule has 5 rings (SSSR count). The van der Waals surface area contributed by atoms with Gasteiger partial charge in [0.1, 0.15) is 24.7 Å². The first kappa shape index (κ1) is 28.2. The highest BCUT2D eigenvalue weighted by Crippen LogP contribution is 2.35. The Hall–Kier alpha value is -2.37. The number of benzene rings is 4. The molecule has 1 aromatic heterocycles. The van der Waals surface area contributed by atoms with Crippen molar-refractivity contribution in [1.29, 1.82) is 0 Å². The van der Waals surface area contributed by atoms with Crippen molar-refractivity contribution in [1.82, 2.24) is 4.57 Å². The molecule has 0 saturated heterocycles. The SMILES string of the molecule is Clc1ccc(C(c2ccc(Cl)cc2)n2cc[n+](CC(Oc3ccc(Cl)cc3Cl)c3ccc(Cl)cc3Cl)c2)cc1. The van der Waals surface area contributed by atoms with Crippen molar-refractivity contribution >= 4 is 69.6 Å². The first-order valence-electron chi connectivity index (χ1n) is 11.9. The van der Waals surface area contributed by atoms with Crippen LogP contribution in [-0.2, 0) is 6.54 Å². The third-order valence-electron chi connectivity index (χ3n) is 6.23. The molecule has 0 radical (unpaired) electrons.